The van der Waals surface area contributed by atoms with E-state index in [0.29, 0.717) is 12.3 Å². The van der Waals surface area contributed by atoms with E-state index >= 15 is 0 Å². The van der Waals surface area contributed by atoms with Crippen molar-refractivity contribution in [2.24, 2.45) is 0 Å². The molecular weight excluding hydrogens is 396 g/mol. The summed E-state index contributed by atoms with van der Waals surface area (Å²) in [5.74, 6) is 1.65. The molecule has 2 rings (SSSR count). The Bertz CT molecular complexity index is 817. The van der Waals surface area contributed by atoms with Crippen molar-refractivity contribution in [2.45, 2.75) is 51.6 Å². The van der Waals surface area contributed by atoms with Crippen molar-refractivity contribution in [1.29, 1.82) is 0 Å². The summed E-state index contributed by atoms with van der Waals surface area (Å²) >= 11 is 1.55. The minimum atomic E-state index is -0.557. The maximum absolute atomic E-state index is 13.1. The van der Waals surface area contributed by atoms with E-state index in [9.17, 15) is 9.59 Å². The second-order valence-corrected chi connectivity index (χ2v) is 9.25. The molecule has 5 nitrogen and oxygen atoms in total. The lowest BCUT2D eigenvalue weighted by molar-refractivity contribution is -0.139. The van der Waals surface area contributed by atoms with Crippen LogP contribution < -0.4 is 10.1 Å². The van der Waals surface area contributed by atoms with Crippen molar-refractivity contribution in [2.75, 3.05) is 12.9 Å². The van der Waals surface area contributed by atoms with Crippen LogP contribution in [0.3, 0.4) is 0 Å². The van der Waals surface area contributed by atoms with Crippen LogP contribution in [0.25, 0.3) is 0 Å². The van der Waals surface area contributed by atoms with Crippen molar-refractivity contribution >= 4 is 23.6 Å². The van der Waals surface area contributed by atoms with Gasteiger partial charge in [-0.2, -0.15) is 0 Å². The van der Waals surface area contributed by atoms with Crippen LogP contribution in [0.2, 0.25) is 0 Å². The topological polar surface area (TPSA) is 58.6 Å². The van der Waals surface area contributed by atoms with Gasteiger partial charge in [0, 0.05) is 17.8 Å². The fraction of sp³-hybridized carbons (Fsp3) is 0.417. The van der Waals surface area contributed by atoms with Crippen LogP contribution in [0.4, 0.5) is 0 Å². The highest BCUT2D eigenvalue weighted by Gasteiger charge is 2.28. The molecule has 0 spiro atoms. The first-order valence-corrected chi connectivity index (χ1v) is 11.2. The monoisotopic (exact) mass is 428 g/mol. The van der Waals surface area contributed by atoms with Crippen LogP contribution >= 0.6 is 11.8 Å². The standard InChI is InChI=1S/C24H32N2O3S/c1-18(23(28)25-24(2,3)4)26(15-19-9-7-6-8-10-19)22(27)17-30-16-20-11-13-21(29-5)14-12-20/h6-14,18H,15-17H2,1-5H3,(H,25,28)/t18-/m0/s1. The largest absolute Gasteiger partial charge is 0.497 e. The molecule has 2 aromatic carbocycles. The predicted molar refractivity (Wildman–Crippen MR) is 124 cm³/mol. The fourth-order valence-electron chi connectivity index (χ4n) is 2.90. The second-order valence-electron chi connectivity index (χ2n) is 8.26. The zero-order chi connectivity index (χ0) is 22.1. The molecule has 0 aliphatic rings. The maximum atomic E-state index is 13.1. The molecule has 0 fully saturated rings. The summed E-state index contributed by atoms with van der Waals surface area (Å²) in [6.45, 7) is 8.00. The molecule has 0 aliphatic heterocycles. The molecule has 0 heterocycles. The summed E-state index contributed by atoms with van der Waals surface area (Å²) in [5, 5.41) is 2.98. The molecule has 2 aromatic rings. The number of ether oxygens (including phenoxy) is 1. The Hall–Kier alpha value is -2.47. The summed E-state index contributed by atoms with van der Waals surface area (Å²) < 4.78 is 5.18. The van der Waals surface area contributed by atoms with Gasteiger partial charge in [0.15, 0.2) is 0 Å². The first kappa shape index (κ1) is 23.8. The van der Waals surface area contributed by atoms with Crippen molar-refractivity contribution < 1.29 is 14.3 Å². The number of amides is 2. The highest BCUT2D eigenvalue weighted by Crippen LogP contribution is 2.18. The molecule has 0 aliphatic carbocycles. The van der Waals surface area contributed by atoms with Gasteiger partial charge in [-0.05, 0) is 51.0 Å². The van der Waals surface area contributed by atoms with E-state index in [2.05, 4.69) is 5.32 Å². The van der Waals surface area contributed by atoms with Gasteiger partial charge in [0.2, 0.25) is 11.8 Å². The number of hydrogen-bond donors (Lipinski definition) is 1. The molecule has 0 unspecified atom stereocenters. The predicted octanol–water partition coefficient (Wildman–Crippen LogP) is 4.26. The highest BCUT2D eigenvalue weighted by atomic mass is 32.2. The molecule has 2 amide bonds. The zero-order valence-corrected chi connectivity index (χ0v) is 19.3. The third-order valence-electron chi connectivity index (χ3n) is 4.51. The van der Waals surface area contributed by atoms with Crippen LogP contribution in [0.5, 0.6) is 5.75 Å². The minimum absolute atomic E-state index is 0.0473. The second kappa shape index (κ2) is 11.1. The average Bonchev–Trinajstić information content (AvgIpc) is 2.71. The van der Waals surface area contributed by atoms with Gasteiger partial charge in [-0.25, -0.2) is 0 Å². The molecule has 30 heavy (non-hydrogen) atoms. The minimum Gasteiger partial charge on any atom is -0.497 e. The van der Waals surface area contributed by atoms with Crippen LogP contribution in [0.1, 0.15) is 38.8 Å². The van der Waals surface area contributed by atoms with Gasteiger partial charge in [0.1, 0.15) is 11.8 Å². The highest BCUT2D eigenvalue weighted by molar-refractivity contribution is 7.99. The SMILES string of the molecule is COc1ccc(CSCC(=O)N(Cc2ccccc2)[C@@H](C)C(=O)NC(C)(C)C)cc1. The van der Waals surface area contributed by atoms with Crippen molar-refractivity contribution in [1.82, 2.24) is 10.2 Å². The molecule has 162 valence electrons. The Morgan fingerprint density at radius 2 is 1.67 bits per heavy atom. The first-order valence-electron chi connectivity index (χ1n) is 10.1. The molecule has 0 radical (unpaired) electrons. The third-order valence-corrected chi connectivity index (χ3v) is 5.50. The lowest BCUT2D eigenvalue weighted by Gasteiger charge is -2.31. The molecule has 0 aromatic heterocycles. The molecule has 0 saturated carbocycles. The lowest BCUT2D eigenvalue weighted by atomic mass is 10.1. The summed E-state index contributed by atoms with van der Waals surface area (Å²) in [6.07, 6.45) is 0. The smallest absolute Gasteiger partial charge is 0.242 e. The molecular formula is C24H32N2O3S. The fourth-order valence-corrected chi connectivity index (χ4v) is 3.77. The van der Waals surface area contributed by atoms with E-state index in [1.807, 2.05) is 75.4 Å². The quantitative estimate of drug-likeness (QED) is 0.648. The number of carbonyl (C=O) groups is 2. The van der Waals surface area contributed by atoms with Crippen LogP contribution in [-0.4, -0.2) is 41.2 Å². The van der Waals surface area contributed by atoms with Crippen LogP contribution in [-0.2, 0) is 21.9 Å². The van der Waals surface area contributed by atoms with Gasteiger partial charge in [-0.3, -0.25) is 9.59 Å². The number of methoxy groups -OCH3 is 1. The molecule has 6 heteroatoms. The number of rotatable bonds is 9. The van der Waals surface area contributed by atoms with Crippen LogP contribution in [0, 0.1) is 0 Å². The van der Waals surface area contributed by atoms with E-state index in [1.54, 1.807) is 30.7 Å². The van der Waals surface area contributed by atoms with E-state index in [0.717, 1.165) is 22.6 Å². The Labute approximate surface area is 184 Å². The lowest BCUT2D eigenvalue weighted by Crippen LogP contribution is -2.52. The van der Waals surface area contributed by atoms with Crippen LogP contribution in [0.15, 0.2) is 54.6 Å². The molecule has 0 bridgehead atoms. The molecule has 1 atom stereocenters. The average molecular weight is 429 g/mol. The molecule has 1 N–H and O–H groups in total. The van der Waals surface area contributed by atoms with E-state index < -0.39 is 6.04 Å². The normalized spacial score (nSPS) is 12.2. The number of hydrogen-bond acceptors (Lipinski definition) is 4. The van der Waals surface area contributed by atoms with Gasteiger partial charge in [0.25, 0.3) is 0 Å². The van der Waals surface area contributed by atoms with E-state index in [1.165, 1.54) is 0 Å². The Kier molecular flexibility index (Phi) is 8.78. The maximum Gasteiger partial charge on any atom is 0.242 e. The Morgan fingerprint density at radius 1 is 1.03 bits per heavy atom. The third kappa shape index (κ3) is 7.75. The van der Waals surface area contributed by atoms with Gasteiger partial charge >= 0.3 is 0 Å². The van der Waals surface area contributed by atoms with E-state index in [4.69, 9.17) is 4.74 Å². The van der Waals surface area contributed by atoms with Gasteiger partial charge in [-0.1, -0.05) is 42.5 Å². The number of nitrogens with one attached hydrogen (secondary N) is 1. The summed E-state index contributed by atoms with van der Waals surface area (Å²) in [7, 11) is 1.64. The molecule has 0 saturated heterocycles. The Morgan fingerprint density at radius 3 is 2.23 bits per heavy atom. The van der Waals surface area contributed by atoms with E-state index in [-0.39, 0.29) is 17.4 Å². The summed E-state index contributed by atoms with van der Waals surface area (Å²) in [5.41, 5.74) is 1.78. The first-order chi connectivity index (χ1) is 14.2. The van der Waals surface area contributed by atoms with Gasteiger partial charge in [-0.15, -0.1) is 11.8 Å². The van der Waals surface area contributed by atoms with Gasteiger partial charge in [0.05, 0.1) is 12.9 Å². The number of nitrogens with zero attached hydrogens (tertiary/aromatic N) is 1. The zero-order valence-electron chi connectivity index (χ0n) is 18.5. The summed E-state index contributed by atoms with van der Waals surface area (Å²) in [6, 6.07) is 17.0. The van der Waals surface area contributed by atoms with Gasteiger partial charge < -0.3 is 15.0 Å². The number of thioether (sulfide) groups is 1. The summed E-state index contributed by atoms with van der Waals surface area (Å²) in [4.78, 5) is 27.4. The van der Waals surface area contributed by atoms with Crippen molar-refractivity contribution in [3.05, 3.63) is 65.7 Å². The number of benzene rings is 2. The van der Waals surface area contributed by atoms with Crippen molar-refractivity contribution in [3.8, 4) is 5.75 Å². The Balaban J connectivity index is 2.04. The number of carbonyl (C=O) groups excluding carboxylic acids is 2. The van der Waals surface area contributed by atoms with Crippen molar-refractivity contribution in [3.63, 3.8) is 0 Å².